The molecule has 3 heterocycles. The van der Waals surface area contributed by atoms with Gasteiger partial charge in [-0.3, -0.25) is 4.98 Å². The largest absolute Gasteiger partial charge is 0.366 e. The van der Waals surface area contributed by atoms with Crippen molar-refractivity contribution in [2.45, 2.75) is 39.2 Å². The lowest BCUT2D eigenvalue weighted by Gasteiger charge is -2.19. The summed E-state index contributed by atoms with van der Waals surface area (Å²) in [7, 11) is 0. The van der Waals surface area contributed by atoms with Crippen molar-refractivity contribution < 1.29 is 0 Å². The molecule has 2 unspecified atom stereocenters. The van der Waals surface area contributed by atoms with Crippen LogP contribution in [0.3, 0.4) is 0 Å². The normalized spacial score (nSPS) is 20.4. The molecule has 0 aliphatic heterocycles. The molecule has 0 bridgehead atoms. The highest BCUT2D eigenvalue weighted by Gasteiger charge is 2.24. The highest BCUT2D eigenvalue weighted by molar-refractivity contribution is 7.15. The molecule has 0 radical (unpaired) electrons. The Kier molecular flexibility index (Phi) is 4.06. The van der Waals surface area contributed by atoms with E-state index in [9.17, 15) is 0 Å². The van der Waals surface area contributed by atoms with Crippen LogP contribution in [0.5, 0.6) is 0 Å². The Morgan fingerprint density at radius 3 is 2.92 bits per heavy atom. The second-order valence-electron chi connectivity index (χ2n) is 6.49. The Bertz CT molecular complexity index is 859. The van der Waals surface area contributed by atoms with Crippen LogP contribution in [0.15, 0.2) is 30.6 Å². The van der Waals surface area contributed by atoms with Crippen molar-refractivity contribution in [1.29, 1.82) is 0 Å². The van der Waals surface area contributed by atoms with Gasteiger partial charge in [0.05, 0.1) is 5.52 Å². The summed E-state index contributed by atoms with van der Waals surface area (Å²) in [5, 5.41) is 8.89. The molecule has 1 saturated carbocycles. The molecule has 6 heteroatoms. The van der Waals surface area contributed by atoms with Crippen LogP contribution in [0, 0.1) is 12.8 Å². The molecule has 3 aromatic rings. The second-order valence-corrected chi connectivity index (χ2v) is 7.72. The highest BCUT2D eigenvalue weighted by Crippen LogP contribution is 2.31. The number of nitrogens with one attached hydrogen (secondary N) is 2. The summed E-state index contributed by atoms with van der Waals surface area (Å²) in [6.07, 6.45) is 7.46. The van der Waals surface area contributed by atoms with E-state index in [1.165, 1.54) is 24.1 Å². The van der Waals surface area contributed by atoms with E-state index in [0.717, 1.165) is 27.7 Å². The van der Waals surface area contributed by atoms with E-state index < -0.39 is 0 Å². The third kappa shape index (κ3) is 3.06. The minimum absolute atomic E-state index is 0.485. The van der Waals surface area contributed by atoms with Gasteiger partial charge in [0.1, 0.15) is 11.6 Å². The van der Waals surface area contributed by atoms with Gasteiger partial charge in [0.2, 0.25) is 0 Å². The van der Waals surface area contributed by atoms with Crippen molar-refractivity contribution >= 4 is 39.0 Å². The molecule has 24 heavy (non-hydrogen) atoms. The molecule has 5 nitrogen and oxygen atoms in total. The number of nitrogens with zero attached hydrogens (tertiary/aromatic N) is 3. The number of anilines is 3. The smallest absolute Gasteiger partial charge is 0.188 e. The number of pyridine rings is 2. The fourth-order valence-corrected chi connectivity index (χ4v) is 3.98. The summed E-state index contributed by atoms with van der Waals surface area (Å²) in [6, 6.07) is 6.51. The number of hydrogen-bond acceptors (Lipinski definition) is 6. The van der Waals surface area contributed by atoms with Crippen molar-refractivity contribution in [3.05, 3.63) is 35.5 Å². The van der Waals surface area contributed by atoms with Crippen LogP contribution >= 0.6 is 11.3 Å². The first-order valence-corrected chi connectivity index (χ1v) is 9.22. The highest BCUT2D eigenvalue weighted by atomic mass is 32.1. The summed E-state index contributed by atoms with van der Waals surface area (Å²) in [4.78, 5) is 14.9. The molecule has 2 N–H and O–H groups in total. The monoisotopic (exact) mass is 339 g/mol. The van der Waals surface area contributed by atoms with E-state index in [1.54, 1.807) is 11.3 Å². The average molecular weight is 339 g/mol. The van der Waals surface area contributed by atoms with Crippen LogP contribution in [-0.4, -0.2) is 21.0 Å². The van der Waals surface area contributed by atoms with E-state index >= 15 is 0 Å². The molecule has 0 amide bonds. The molecule has 4 rings (SSSR count). The zero-order valence-corrected chi connectivity index (χ0v) is 14.7. The van der Waals surface area contributed by atoms with Gasteiger partial charge >= 0.3 is 0 Å². The number of fused-ring (bicyclic) bond motifs is 1. The van der Waals surface area contributed by atoms with Crippen LogP contribution in [0.25, 0.3) is 10.9 Å². The quantitative estimate of drug-likeness (QED) is 0.719. The fourth-order valence-electron chi connectivity index (χ4n) is 3.31. The molecular weight excluding hydrogens is 318 g/mol. The van der Waals surface area contributed by atoms with Crippen molar-refractivity contribution in [2.75, 3.05) is 10.6 Å². The first-order chi connectivity index (χ1) is 11.7. The number of thiazole rings is 1. The van der Waals surface area contributed by atoms with E-state index in [4.69, 9.17) is 4.98 Å². The number of rotatable bonds is 4. The van der Waals surface area contributed by atoms with Crippen LogP contribution in [-0.2, 0) is 0 Å². The maximum Gasteiger partial charge on any atom is 0.188 e. The number of aromatic nitrogens is 3. The Balaban J connectivity index is 1.70. The lowest BCUT2D eigenvalue weighted by atomic mass is 10.1. The SMILES string of the molecule is Cc1cnc(Nc2cc3ncccc3c(NC3CCCC3C)n2)s1. The van der Waals surface area contributed by atoms with Crippen molar-refractivity contribution in [3.8, 4) is 0 Å². The molecule has 1 aliphatic rings. The molecule has 1 fully saturated rings. The zero-order valence-electron chi connectivity index (χ0n) is 13.9. The molecule has 0 saturated heterocycles. The van der Waals surface area contributed by atoms with Gasteiger partial charge in [0.25, 0.3) is 0 Å². The first kappa shape index (κ1) is 15.3. The predicted molar refractivity (Wildman–Crippen MR) is 100 cm³/mol. The summed E-state index contributed by atoms with van der Waals surface area (Å²) in [5.41, 5.74) is 0.941. The van der Waals surface area contributed by atoms with Crippen molar-refractivity contribution in [1.82, 2.24) is 15.0 Å². The third-order valence-electron chi connectivity index (χ3n) is 4.64. The van der Waals surface area contributed by atoms with Gasteiger partial charge < -0.3 is 10.6 Å². The lowest BCUT2D eigenvalue weighted by molar-refractivity contribution is 0.555. The maximum atomic E-state index is 4.81. The summed E-state index contributed by atoms with van der Waals surface area (Å²) in [6.45, 7) is 4.36. The van der Waals surface area contributed by atoms with E-state index in [-0.39, 0.29) is 0 Å². The van der Waals surface area contributed by atoms with Gasteiger partial charge in [0, 0.05) is 34.8 Å². The van der Waals surface area contributed by atoms with Crippen LogP contribution in [0.1, 0.15) is 31.1 Å². The fraction of sp³-hybridized carbons (Fsp3) is 0.389. The second kappa shape index (κ2) is 6.36. The molecular formula is C18H21N5S. The number of hydrogen-bond donors (Lipinski definition) is 2. The minimum Gasteiger partial charge on any atom is -0.366 e. The van der Waals surface area contributed by atoms with E-state index in [0.29, 0.717) is 12.0 Å². The van der Waals surface area contributed by atoms with Crippen LogP contribution in [0.4, 0.5) is 16.8 Å². The van der Waals surface area contributed by atoms with Gasteiger partial charge in [-0.05, 0) is 37.8 Å². The molecule has 0 spiro atoms. The molecule has 124 valence electrons. The standard InChI is InChI=1S/C18H21N5S/c1-11-5-3-7-14(11)21-17-13-6-4-8-19-15(13)9-16(22-17)23-18-20-10-12(2)24-18/h4,6,8-11,14H,3,5,7H2,1-2H3,(H2,20,21,22,23). The van der Waals surface area contributed by atoms with Crippen molar-refractivity contribution in [2.24, 2.45) is 5.92 Å². The topological polar surface area (TPSA) is 62.7 Å². The van der Waals surface area contributed by atoms with Gasteiger partial charge in [-0.2, -0.15) is 0 Å². The molecule has 1 aliphatic carbocycles. The third-order valence-corrected chi connectivity index (χ3v) is 5.47. The summed E-state index contributed by atoms with van der Waals surface area (Å²) >= 11 is 1.62. The Morgan fingerprint density at radius 1 is 1.25 bits per heavy atom. The molecule has 0 aromatic carbocycles. The van der Waals surface area contributed by atoms with Crippen LogP contribution in [0.2, 0.25) is 0 Å². The van der Waals surface area contributed by atoms with E-state index in [2.05, 4.69) is 33.6 Å². The average Bonchev–Trinajstić information content (AvgIpc) is 3.16. The predicted octanol–water partition coefficient (Wildman–Crippen LogP) is 4.74. The van der Waals surface area contributed by atoms with Gasteiger partial charge in [-0.25, -0.2) is 9.97 Å². The van der Waals surface area contributed by atoms with Gasteiger partial charge in [0.15, 0.2) is 5.13 Å². The van der Waals surface area contributed by atoms with Crippen LogP contribution < -0.4 is 10.6 Å². The molecule has 3 aromatic heterocycles. The van der Waals surface area contributed by atoms with Gasteiger partial charge in [-0.15, -0.1) is 11.3 Å². The molecule has 2 atom stereocenters. The van der Waals surface area contributed by atoms with E-state index in [1.807, 2.05) is 31.5 Å². The summed E-state index contributed by atoms with van der Waals surface area (Å²) < 4.78 is 0. The minimum atomic E-state index is 0.485. The van der Waals surface area contributed by atoms with Crippen molar-refractivity contribution in [3.63, 3.8) is 0 Å². The Labute approximate surface area is 145 Å². The first-order valence-electron chi connectivity index (χ1n) is 8.41. The summed E-state index contributed by atoms with van der Waals surface area (Å²) in [5.74, 6) is 2.37. The Hall–Kier alpha value is -2.21. The maximum absolute atomic E-state index is 4.81. The van der Waals surface area contributed by atoms with Gasteiger partial charge in [-0.1, -0.05) is 13.3 Å². The lowest BCUT2D eigenvalue weighted by Crippen LogP contribution is -2.22. The number of aryl methyl sites for hydroxylation is 1. The Morgan fingerprint density at radius 2 is 2.17 bits per heavy atom. The zero-order chi connectivity index (χ0) is 16.5.